The van der Waals surface area contributed by atoms with E-state index in [4.69, 9.17) is 5.26 Å². The van der Waals surface area contributed by atoms with E-state index in [9.17, 15) is 0 Å². The van der Waals surface area contributed by atoms with E-state index >= 15 is 0 Å². The van der Waals surface area contributed by atoms with Crippen molar-refractivity contribution in [2.45, 2.75) is 40.7 Å². The fraction of sp³-hybridized carbons (Fsp3) is 0.800. The summed E-state index contributed by atoms with van der Waals surface area (Å²) >= 11 is 0. The molecule has 2 atom stereocenters. The molecule has 0 rings (SSSR count). The zero-order valence-electron chi connectivity index (χ0n) is 8.72. The molecule has 0 aliphatic carbocycles. The fourth-order valence-corrected chi connectivity index (χ4v) is 1.06. The summed E-state index contributed by atoms with van der Waals surface area (Å²) in [7, 11) is 0. The molecule has 0 fully saturated rings. The Hall–Kier alpha value is -0.340. The molecule has 0 aliphatic rings. The van der Waals surface area contributed by atoms with Crippen molar-refractivity contribution in [3.63, 3.8) is 0 Å². The van der Waals surface area contributed by atoms with Crippen molar-refractivity contribution in [1.29, 1.82) is 0 Å². The van der Waals surface area contributed by atoms with Crippen LogP contribution in [-0.4, -0.2) is 11.4 Å². The predicted molar refractivity (Wildman–Crippen MR) is 50.9 cm³/mol. The van der Waals surface area contributed by atoms with Crippen molar-refractivity contribution in [3.05, 3.63) is 12.2 Å². The molecule has 72 valence electrons. The lowest BCUT2D eigenvalue weighted by atomic mass is 9.77. The Labute approximate surface area is 75.2 Å². The molecular weight excluding hydrogens is 152 g/mol. The van der Waals surface area contributed by atoms with Crippen LogP contribution in [0.1, 0.15) is 34.6 Å². The van der Waals surface area contributed by atoms with Gasteiger partial charge in [-0.2, -0.15) is 0 Å². The molecule has 0 saturated carbocycles. The van der Waals surface area contributed by atoms with Gasteiger partial charge in [0, 0.05) is 0 Å². The van der Waals surface area contributed by atoms with Gasteiger partial charge in [-0.05, 0) is 23.8 Å². The smallest absolute Gasteiger partial charge is 0.116 e. The Bertz CT molecular complexity index is 156. The van der Waals surface area contributed by atoms with Gasteiger partial charge in [0.15, 0.2) is 0 Å². The molecule has 2 heteroatoms. The van der Waals surface area contributed by atoms with Crippen molar-refractivity contribution in [3.8, 4) is 0 Å². The molecule has 1 N–H and O–H groups in total. The van der Waals surface area contributed by atoms with Crippen LogP contribution in [0.4, 0.5) is 0 Å². The second-order valence-corrected chi connectivity index (χ2v) is 4.53. The quantitative estimate of drug-likeness (QED) is 0.402. The first-order chi connectivity index (χ1) is 5.30. The van der Waals surface area contributed by atoms with E-state index in [1.165, 1.54) is 0 Å². The zero-order chi connectivity index (χ0) is 9.94. The minimum Gasteiger partial charge on any atom is -0.251 e. The van der Waals surface area contributed by atoms with E-state index in [0.717, 1.165) is 5.57 Å². The van der Waals surface area contributed by atoms with Crippen LogP contribution in [0.15, 0.2) is 12.2 Å². The Morgan fingerprint density at radius 3 is 1.92 bits per heavy atom. The third-order valence-corrected chi connectivity index (χ3v) is 2.42. The Balaban J connectivity index is 4.42. The highest BCUT2D eigenvalue weighted by molar-refractivity contribution is 5.01. The van der Waals surface area contributed by atoms with Gasteiger partial charge in [0.2, 0.25) is 0 Å². The van der Waals surface area contributed by atoms with Gasteiger partial charge in [0.25, 0.3) is 0 Å². The Morgan fingerprint density at radius 1 is 1.42 bits per heavy atom. The molecule has 0 amide bonds. The zero-order valence-corrected chi connectivity index (χ0v) is 8.72. The number of hydrogen-bond donors (Lipinski definition) is 1. The summed E-state index contributed by atoms with van der Waals surface area (Å²) in [6.07, 6.45) is -0.259. The van der Waals surface area contributed by atoms with Crippen LogP contribution < -0.4 is 0 Å². The van der Waals surface area contributed by atoms with Gasteiger partial charge in [0.05, 0.1) is 0 Å². The SMILES string of the molecule is C=C(C)[C@@H](OO)[C@H](C)C(C)(C)C. The largest absolute Gasteiger partial charge is 0.251 e. The molecule has 0 spiro atoms. The first-order valence-corrected chi connectivity index (χ1v) is 4.26. The van der Waals surface area contributed by atoms with Gasteiger partial charge in [-0.3, -0.25) is 5.26 Å². The average molecular weight is 172 g/mol. The molecule has 0 saturated heterocycles. The molecule has 0 aromatic heterocycles. The first-order valence-electron chi connectivity index (χ1n) is 4.26. The van der Waals surface area contributed by atoms with E-state index in [1.807, 2.05) is 6.92 Å². The summed E-state index contributed by atoms with van der Waals surface area (Å²) in [5.74, 6) is 0.250. The van der Waals surface area contributed by atoms with Gasteiger partial charge in [-0.25, -0.2) is 4.89 Å². The second kappa shape index (κ2) is 4.06. The predicted octanol–water partition coefficient (Wildman–Crippen LogP) is 3.10. The molecule has 12 heavy (non-hydrogen) atoms. The maximum atomic E-state index is 8.67. The monoisotopic (exact) mass is 172 g/mol. The van der Waals surface area contributed by atoms with Crippen LogP contribution in [0, 0.1) is 11.3 Å². The molecule has 2 nitrogen and oxygen atoms in total. The summed E-state index contributed by atoms with van der Waals surface area (Å²) in [6.45, 7) is 14.0. The standard InChI is InChI=1S/C10H20O2/c1-7(2)9(12-11)8(3)10(4,5)6/h8-9,11H,1H2,2-6H3/t8-,9+/m0/s1. The van der Waals surface area contributed by atoms with E-state index in [-0.39, 0.29) is 17.4 Å². The maximum absolute atomic E-state index is 8.67. The number of hydrogen-bond acceptors (Lipinski definition) is 2. The van der Waals surface area contributed by atoms with Crippen LogP contribution in [0.5, 0.6) is 0 Å². The molecule has 0 bridgehead atoms. The van der Waals surface area contributed by atoms with Gasteiger partial charge in [0.1, 0.15) is 6.10 Å². The molecule has 0 aliphatic heterocycles. The Kier molecular flexibility index (Phi) is 3.94. The van der Waals surface area contributed by atoms with E-state index < -0.39 is 0 Å². The molecule has 0 aromatic carbocycles. The highest BCUT2D eigenvalue weighted by Gasteiger charge is 2.29. The lowest BCUT2D eigenvalue weighted by Crippen LogP contribution is -2.31. The summed E-state index contributed by atoms with van der Waals surface area (Å²) < 4.78 is 0. The maximum Gasteiger partial charge on any atom is 0.116 e. The van der Waals surface area contributed by atoms with E-state index in [1.54, 1.807) is 0 Å². The minimum absolute atomic E-state index is 0.117. The minimum atomic E-state index is -0.259. The normalized spacial score (nSPS) is 17.2. The molecular formula is C10H20O2. The summed E-state index contributed by atoms with van der Waals surface area (Å²) in [5, 5.41) is 8.67. The second-order valence-electron chi connectivity index (χ2n) is 4.53. The third kappa shape index (κ3) is 2.95. The fourth-order valence-electron chi connectivity index (χ4n) is 1.06. The molecule has 0 aromatic rings. The highest BCUT2D eigenvalue weighted by Crippen LogP contribution is 2.31. The van der Waals surface area contributed by atoms with Crippen molar-refractivity contribution < 1.29 is 10.1 Å². The van der Waals surface area contributed by atoms with E-state index in [2.05, 4.69) is 39.2 Å². The topological polar surface area (TPSA) is 29.5 Å². The summed E-state index contributed by atoms with van der Waals surface area (Å²) in [5.41, 5.74) is 0.978. The van der Waals surface area contributed by atoms with Crippen LogP contribution >= 0.6 is 0 Å². The van der Waals surface area contributed by atoms with Crippen LogP contribution in [-0.2, 0) is 4.89 Å². The van der Waals surface area contributed by atoms with Gasteiger partial charge >= 0.3 is 0 Å². The van der Waals surface area contributed by atoms with Crippen LogP contribution in [0.3, 0.4) is 0 Å². The van der Waals surface area contributed by atoms with Crippen LogP contribution in [0.2, 0.25) is 0 Å². The highest BCUT2D eigenvalue weighted by atomic mass is 17.1. The number of rotatable bonds is 3. The lowest BCUT2D eigenvalue weighted by Gasteiger charge is -2.32. The summed E-state index contributed by atoms with van der Waals surface area (Å²) in [4.78, 5) is 4.40. The Morgan fingerprint density at radius 2 is 1.83 bits per heavy atom. The molecule has 0 radical (unpaired) electrons. The van der Waals surface area contributed by atoms with Crippen LogP contribution in [0.25, 0.3) is 0 Å². The lowest BCUT2D eigenvalue weighted by molar-refractivity contribution is -0.284. The molecule has 0 heterocycles. The van der Waals surface area contributed by atoms with Crippen molar-refractivity contribution in [2.24, 2.45) is 11.3 Å². The summed E-state index contributed by atoms with van der Waals surface area (Å²) in [6, 6.07) is 0. The van der Waals surface area contributed by atoms with Crippen molar-refractivity contribution in [2.75, 3.05) is 0 Å². The average Bonchev–Trinajstić information content (AvgIpc) is 1.86. The molecule has 0 unspecified atom stereocenters. The van der Waals surface area contributed by atoms with Crippen molar-refractivity contribution >= 4 is 0 Å². The van der Waals surface area contributed by atoms with Gasteiger partial charge in [-0.15, -0.1) is 0 Å². The van der Waals surface area contributed by atoms with Gasteiger partial charge in [-0.1, -0.05) is 34.3 Å². The van der Waals surface area contributed by atoms with Crippen molar-refractivity contribution in [1.82, 2.24) is 0 Å². The van der Waals surface area contributed by atoms with E-state index in [0.29, 0.717) is 0 Å². The van der Waals surface area contributed by atoms with Gasteiger partial charge < -0.3 is 0 Å². The third-order valence-electron chi connectivity index (χ3n) is 2.42. The first kappa shape index (κ1) is 11.7.